The number of epoxide rings is 4. The van der Waals surface area contributed by atoms with Crippen LogP contribution < -0.4 is 18.9 Å². The van der Waals surface area contributed by atoms with Crippen LogP contribution in [0.25, 0.3) is 0 Å². The second kappa shape index (κ2) is 14.0. The molecule has 4 unspecified atom stereocenters. The van der Waals surface area contributed by atoms with Crippen molar-refractivity contribution in [2.45, 2.75) is 42.7 Å². The molecule has 0 aliphatic carbocycles. The molecule has 0 spiro atoms. The van der Waals surface area contributed by atoms with Crippen LogP contribution in [-0.2, 0) is 18.9 Å². The molecule has 0 saturated carbocycles. The zero-order valence-electron chi connectivity index (χ0n) is 26.3. The van der Waals surface area contributed by atoms with Crippen molar-refractivity contribution in [3.8, 4) is 23.0 Å². The lowest BCUT2D eigenvalue weighted by Gasteiger charge is -2.26. The van der Waals surface area contributed by atoms with Crippen molar-refractivity contribution in [3.63, 3.8) is 0 Å². The fraction of sp³-hybridized carbons (Fsp3) is 0.385. The molecule has 0 amide bonds. The van der Waals surface area contributed by atoms with Crippen molar-refractivity contribution in [2.24, 2.45) is 0 Å². The molecule has 244 valence electrons. The minimum atomic E-state index is 0.104. The average Bonchev–Trinajstić information content (AvgIpc) is 3.94. The third-order valence-corrected chi connectivity index (χ3v) is 8.95. The Hall–Kier alpha value is -4.08. The largest absolute Gasteiger partial charge is 0.491 e. The quantitative estimate of drug-likeness (QED) is 0.120. The van der Waals surface area contributed by atoms with Crippen molar-refractivity contribution in [3.05, 3.63) is 119 Å². The molecule has 8 heteroatoms. The van der Waals surface area contributed by atoms with Gasteiger partial charge in [-0.05, 0) is 77.2 Å². The maximum absolute atomic E-state index is 5.97. The molecule has 4 aromatic carbocycles. The maximum atomic E-state index is 5.97. The van der Waals surface area contributed by atoms with Crippen LogP contribution in [0.4, 0.5) is 0 Å². The van der Waals surface area contributed by atoms with Crippen LogP contribution in [0.2, 0.25) is 0 Å². The molecular weight excluding hydrogens is 596 g/mol. The molecule has 4 aromatic rings. The summed E-state index contributed by atoms with van der Waals surface area (Å²) in [6.45, 7) is 5.44. The second-order valence-corrected chi connectivity index (χ2v) is 12.7. The Bertz CT molecular complexity index is 1330. The van der Waals surface area contributed by atoms with Crippen LogP contribution in [0, 0.1) is 0 Å². The van der Waals surface area contributed by atoms with Gasteiger partial charge in [0.1, 0.15) is 73.8 Å². The zero-order chi connectivity index (χ0) is 31.4. The number of ether oxygens (including phenoxy) is 8. The number of hydrogen-bond acceptors (Lipinski definition) is 8. The minimum absolute atomic E-state index is 0.104. The molecule has 4 fully saturated rings. The lowest BCUT2D eigenvalue weighted by atomic mass is 9.78. The Morgan fingerprint density at radius 2 is 0.596 bits per heavy atom. The smallest absolute Gasteiger partial charge is 0.119 e. The third kappa shape index (κ3) is 8.64. The molecule has 0 radical (unpaired) electrons. The van der Waals surface area contributed by atoms with Crippen molar-refractivity contribution >= 4 is 0 Å². The van der Waals surface area contributed by atoms with Gasteiger partial charge in [0, 0.05) is 11.8 Å². The third-order valence-electron chi connectivity index (χ3n) is 8.95. The summed E-state index contributed by atoms with van der Waals surface area (Å²) in [4.78, 5) is 0. The Morgan fingerprint density at radius 3 is 0.787 bits per heavy atom. The first kappa shape index (κ1) is 30.3. The van der Waals surface area contributed by atoms with Crippen LogP contribution in [0.15, 0.2) is 97.1 Å². The van der Waals surface area contributed by atoms with Gasteiger partial charge in [-0.15, -0.1) is 0 Å². The van der Waals surface area contributed by atoms with Gasteiger partial charge >= 0.3 is 0 Å². The van der Waals surface area contributed by atoms with Gasteiger partial charge in [-0.25, -0.2) is 0 Å². The van der Waals surface area contributed by atoms with Crippen molar-refractivity contribution in [1.82, 2.24) is 0 Å². The minimum Gasteiger partial charge on any atom is -0.491 e. The molecule has 4 aliphatic rings. The van der Waals surface area contributed by atoms with Gasteiger partial charge in [0.15, 0.2) is 0 Å². The van der Waals surface area contributed by atoms with Crippen molar-refractivity contribution < 1.29 is 37.9 Å². The standard InChI is InChI=1S/C39H40O8/c1-9-30(40-18-34-22-44-34)10-2-26(1)38(27-3-11-31(12-4-27)41-19-35-23-45-35)17-39(28-5-13-32(14-6-28)42-20-36-24-46-36)29-7-15-33(16-8-29)43-21-37-25-47-37/h1-16,34-39H,17-25H2. The van der Waals surface area contributed by atoms with E-state index in [4.69, 9.17) is 37.9 Å². The van der Waals surface area contributed by atoms with E-state index in [0.29, 0.717) is 26.4 Å². The first-order valence-electron chi connectivity index (χ1n) is 16.6. The summed E-state index contributed by atoms with van der Waals surface area (Å²) >= 11 is 0. The summed E-state index contributed by atoms with van der Waals surface area (Å²) in [5, 5.41) is 0. The Kier molecular flexibility index (Phi) is 8.99. The van der Waals surface area contributed by atoms with E-state index in [1.54, 1.807) is 0 Å². The first-order valence-corrected chi connectivity index (χ1v) is 16.6. The Balaban J connectivity index is 1.07. The predicted molar refractivity (Wildman–Crippen MR) is 175 cm³/mol. The van der Waals surface area contributed by atoms with E-state index in [-0.39, 0.29) is 36.3 Å². The van der Waals surface area contributed by atoms with Crippen LogP contribution in [0.5, 0.6) is 23.0 Å². The van der Waals surface area contributed by atoms with E-state index >= 15 is 0 Å². The van der Waals surface area contributed by atoms with E-state index < -0.39 is 0 Å². The lowest BCUT2D eigenvalue weighted by Crippen LogP contribution is -2.11. The molecule has 0 aromatic heterocycles. The number of hydrogen-bond donors (Lipinski definition) is 0. The highest BCUT2D eigenvalue weighted by Gasteiger charge is 2.27. The van der Waals surface area contributed by atoms with E-state index in [9.17, 15) is 0 Å². The summed E-state index contributed by atoms with van der Waals surface area (Å²) in [6.07, 6.45) is 1.71. The Morgan fingerprint density at radius 1 is 0.383 bits per heavy atom. The molecular formula is C39H40O8. The van der Waals surface area contributed by atoms with Gasteiger partial charge in [-0.2, -0.15) is 0 Å². The normalized spacial score (nSPS) is 23.3. The van der Waals surface area contributed by atoms with Gasteiger partial charge in [-0.3, -0.25) is 0 Å². The van der Waals surface area contributed by atoms with Gasteiger partial charge < -0.3 is 37.9 Å². The Labute approximate surface area is 275 Å². The molecule has 4 heterocycles. The van der Waals surface area contributed by atoms with E-state index in [0.717, 1.165) is 55.8 Å². The fourth-order valence-electron chi connectivity index (χ4n) is 5.76. The van der Waals surface area contributed by atoms with Crippen LogP contribution in [0.3, 0.4) is 0 Å². The monoisotopic (exact) mass is 636 g/mol. The summed E-state index contributed by atoms with van der Waals surface area (Å²) in [6, 6.07) is 34.0. The highest BCUT2D eigenvalue weighted by molar-refractivity contribution is 5.43. The van der Waals surface area contributed by atoms with E-state index in [1.807, 2.05) is 0 Å². The molecule has 47 heavy (non-hydrogen) atoms. The molecule has 4 saturated heterocycles. The predicted octanol–water partition coefficient (Wildman–Crippen LogP) is 6.15. The van der Waals surface area contributed by atoms with Gasteiger partial charge in [0.25, 0.3) is 0 Å². The maximum Gasteiger partial charge on any atom is 0.119 e. The summed E-state index contributed by atoms with van der Waals surface area (Å²) in [5.74, 6) is 3.62. The summed E-state index contributed by atoms with van der Waals surface area (Å²) < 4.78 is 45.1. The topological polar surface area (TPSA) is 87.0 Å². The molecule has 4 aliphatic heterocycles. The molecule has 8 nitrogen and oxygen atoms in total. The molecule has 0 N–H and O–H groups in total. The molecule has 0 bridgehead atoms. The lowest BCUT2D eigenvalue weighted by molar-refractivity contribution is 0.263. The van der Waals surface area contributed by atoms with Gasteiger partial charge in [-0.1, -0.05) is 48.5 Å². The highest BCUT2D eigenvalue weighted by Crippen LogP contribution is 2.40. The highest BCUT2D eigenvalue weighted by atomic mass is 16.6. The summed E-state index contributed by atoms with van der Waals surface area (Å²) in [5.41, 5.74) is 4.88. The van der Waals surface area contributed by atoms with Crippen LogP contribution in [0.1, 0.15) is 40.5 Å². The first-order chi connectivity index (χ1) is 23.2. The number of benzene rings is 4. The van der Waals surface area contributed by atoms with Crippen LogP contribution in [-0.4, -0.2) is 77.3 Å². The van der Waals surface area contributed by atoms with E-state index in [1.165, 1.54) is 22.3 Å². The number of rotatable bonds is 18. The van der Waals surface area contributed by atoms with Crippen molar-refractivity contribution in [1.29, 1.82) is 0 Å². The SMILES string of the molecule is c1cc(C(CC(c2ccc(OCC3CO3)cc2)c2ccc(OCC3CO3)cc2)c2ccc(OCC3CO3)cc2)ccc1OCC1CO1. The molecule has 4 atom stereocenters. The van der Waals surface area contributed by atoms with Gasteiger partial charge in [0.05, 0.1) is 26.4 Å². The van der Waals surface area contributed by atoms with Crippen LogP contribution >= 0.6 is 0 Å². The summed E-state index contributed by atoms with van der Waals surface area (Å²) in [7, 11) is 0. The van der Waals surface area contributed by atoms with E-state index in [2.05, 4.69) is 97.1 Å². The van der Waals surface area contributed by atoms with Gasteiger partial charge in [0.2, 0.25) is 0 Å². The molecule has 8 rings (SSSR count). The van der Waals surface area contributed by atoms with Crippen molar-refractivity contribution in [2.75, 3.05) is 52.9 Å². The zero-order valence-corrected chi connectivity index (χ0v) is 26.3. The average molecular weight is 637 g/mol. The second-order valence-electron chi connectivity index (χ2n) is 12.7. The fourth-order valence-corrected chi connectivity index (χ4v) is 5.76.